The molecule has 36 heavy (non-hydrogen) atoms. The van der Waals surface area contributed by atoms with Crippen molar-refractivity contribution in [2.24, 2.45) is 0 Å². The molecule has 0 radical (unpaired) electrons. The zero-order chi connectivity index (χ0) is 26.1. The highest BCUT2D eigenvalue weighted by molar-refractivity contribution is 6.08. The molecule has 0 aliphatic heterocycles. The molecular weight excluding hydrogens is 468 g/mol. The van der Waals surface area contributed by atoms with Crippen molar-refractivity contribution in [1.29, 1.82) is 0 Å². The molecule has 184 valence electrons. The number of hydrogen-bond donors (Lipinski definition) is 2. The Morgan fingerprint density at radius 2 is 1.25 bits per heavy atom. The molecule has 0 heterocycles. The van der Waals surface area contributed by atoms with E-state index < -0.39 is 36.3 Å². The fraction of sp³-hybridized carbons (Fsp3) is 0.115. The van der Waals surface area contributed by atoms with Crippen LogP contribution in [-0.4, -0.2) is 50.5 Å². The molecule has 0 aliphatic carbocycles. The SMILES string of the molecule is COC(=O)c1cc(NC(=O)COC(=O)c2ccccc2NC(=O)c2ccccc2)cc(C(=O)OC)c1. The zero-order valence-electron chi connectivity index (χ0n) is 19.4. The Balaban J connectivity index is 1.68. The maximum Gasteiger partial charge on any atom is 0.340 e. The van der Waals surface area contributed by atoms with Gasteiger partial charge in [-0.05, 0) is 42.5 Å². The van der Waals surface area contributed by atoms with Crippen LogP contribution >= 0.6 is 0 Å². The summed E-state index contributed by atoms with van der Waals surface area (Å²) >= 11 is 0. The Labute approximate surface area is 206 Å². The molecule has 0 unspecified atom stereocenters. The maximum atomic E-state index is 12.6. The second-order valence-electron chi connectivity index (χ2n) is 7.27. The van der Waals surface area contributed by atoms with Crippen LogP contribution in [-0.2, 0) is 19.0 Å². The number of nitrogens with one attached hydrogen (secondary N) is 2. The van der Waals surface area contributed by atoms with Crippen LogP contribution in [0.5, 0.6) is 0 Å². The number of benzene rings is 3. The van der Waals surface area contributed by atoms with E-state index in [2.05, 4.69) is 20.1 Å². The summed E-state index contributed by atoms with van der Waals surface area (Å²) in [5, 5.41) is 5.11. The molecule has 0 bridgehead atoms. The van der Waals surface area contributed by atoms with Gasteiger partial charge in [-0.1, -0.05) is 30.3 Å². The standard InChI is InChI=1S/C26H22N2O8/c1-34-24(31)17-12-18(25(32)35-2)14-19(13-17)27-22(29)15-36-26(33)20-10-6-7-11-21(20)28-23(30)16-8-4-3-5-9-16/h3-14H,15H2,1-2H3,(H,27,29)(H,28,30). The number of esters is 3. The second kappa shape index (κ2) is 11.9. The van der Waals surface area contributed by atoms with Crippen LogP contribution in [0.2, 0.25) is 0 Å². The number of methoxy groups -OCH3 is 2. The predicted molar refractivity (Wildman–Crippen MR) is 129 cm³/mol. The van der Waals surface area contributed by atoms with Gasteiger partial charge in [-0.2, -0.15) is 0 Å². The maximum absolute atomic E-state index is 12.6. The largest absolute Gasteiger partial charge is 0.465 e. The summed E-state index contributed by atoms with van der Waals surface area (Å²) in [6, 6.07) is 18.5. The minimum atomic E-state index is -0.840. The summed E-state index contributed by atoms with van der Waals surface area (Å²) in [6.07, 6.45) is 0. The van der Waals surface area contributed by atoms with Crippen molar-refractivity contribution in [2.45, 2.75) is 0 Å². The molecule has 0 aliphatic rings. The van der Waals surface area contributed by atoms with Crippen LogP contribution < -0.4 is 10.6 Å². The molecule has 10 nitrogen and oxygen atoms in total. The average Bonchev–Trinajstić information content (AvgIpc) is 2.91. The third-order valence-electron chi connectivity index (χ3n) is 4.82. The normalized spacial score (nSPS) is 10.1. The quantitative estimate of drug-likeness (QED) is 0.362. The highest BCUT2D eigenvalue weighted by Crippen LogP contribution is 2.19. The van der Waals surface area contributed by atoms with Crippen molar-refractivity contribution in [3.05, 3.63) is 95.1 Å². The first-order chi connectivity index (χ1) is 17.3. The first kappa shape index (κ1) is 25.6. The predicted octanol–water partition coefficient (Wildman–Crippen LogP) is 3.31. The topological polar surface area (TPSA) is 137 Å². The third kappa shape index (κ3) is 6.54. The van der Waals surface area contributed by atoms with Crippen LogP contribution in [0.15, 0.2) is 72.8 Å². The molecule has 0 spiro atoms. The molecule has 10 heteroatoms. The van der Waals surface area contributed by atoms with Gasteiger partial charge in [0, 0.05) is 11.3 Å². The number of carbonyl (C=O) groups is 5. The Hall–Kier alpha value is -4.99. The smallest absolute Gasteiger partial charge is 0.340 e. The van der Waals surface area contributed by atoms with Gasteiger partial charge in [0.15, 0.2) is 6.61 Å². The van der Waals surface area contributed by atoms with E-state index in [0.29, 0.717) is 5.56 Å². The zero-order valence-corrected chi connectivity index (χ0v) is 19.4. The van der Waals surface area contributed by atoms with Gasteiger partial charge in [0.2, 0.25) is 0 Å². The molecule has 3 aromatic carbocycles. The molecule has 0 atom stereocenters. The fourth-order valence-electron chi connectivity index (χ4n) is 3.13. The van der Waals surface area contributed by atoms with Gasteiger partial charge in [-0.15, -0.1) is 0 Å². The Morgan fingerprint density at radius 1 is 0.667 bits per heavy atom. The van der Waals surface area contributed by atoms with Gasteiger partial charge in [0.1, 0.15) is 0 Å². The minimum Gasteiger partial charge on any atom is -0.465 e. The summed E-state index contributed by atoms with van der Waals surface area (Å²) in [5.74, 6) is -3.44. The number of rotatable bonds is 8. The lowest BCUT2D eigenvalue weighted by Crippen LogP contribution is -2.22. The summed E-state index contributed by atoms with van der Waals surface area (Å²) in [7, 11) is 2.34. The molecule has 0 aromatic heterocycles. The van der Waals surface area contributed by atoms with E-state index in [0.717, 1.165) is 0 Å². The van der Waals surface area contributed by atoms with Crippen LogP contribution in [0, 0.1) is 0 Å². The minimum absolute atomic E-state index is 0.00998. The van der Waals surface area contributed by atoms with E-state index in [-0.39, 0.29) is 28.1 Å². The van der Waals surface area contributed by atoms with Gasteiger partial charge in [-0.3, -0.25) is 9.59 Å². The molecule has 2 amide bonds. The van der Waals surface area contributed by atoms with Crippen LogP contribution in [0.3, 0.4) is 0 Å². The van der Waals surface area contributed by atoms with Crippen molar-refractivity contribution < 1.29 is 38.2 Å². The summed E-state index contributed by atoms with van der Waals surface area (Å²) in [6.45, 7) is -0.671. The van der Waals surface area contributed by atoms with Crippen molar-refractivity contribution >= 4 is 41.1 Å². The second-order valence-corrected chi connectivity index (χ2v) is 7.27. The van der Waals surface area contributed by atoms with Crippen LogP contribution in [0.4, 0.5) is 11.4 Å². The molecule has 3 aromatic rings. The summed E-state index contributed by atoms with van der Waals surface area (Å²) < 4.78 is 14.4. The van der Waals surface area contributed by atoms with Gasteiger partial charge in [0.05, 0.1) is 36.6 Å². The fourth-order valence-corrected chi connectivity index (χ4v) is 3.13. The number of amides is 2. The molecule has 0 saturated carbocycles. The summed E-state index contributed by atoms with van der Waals surface area (Å²) in [4.78, 5) is 61.3. The highest BCUT2D eigenvalue weighted by Gasteiger charge is 2.18. The first-order valence-corrected chi connectivity index (χ1v) is 10.6. The Morgan fingerprint density at radius 3 is 1.86 bits per heavy atom. The van der Waals surface area contributed by atoms with Crippen molar-refractivity contribution in [2.75, 3.05) is 31.5 Å². The van der Waals surface area contributed by atoms with Gasteiger partial charge < -0.3 is 24.8 Å². The van der Waals surface area contributed by atoms with E-state index in [4.69, 9.17) is 4.74 Å². The van der Waals surface area contributed by atoms with Crippen molar-refractivity contribution in [3.8, 4) is 0 Å². The Bertz CT molecular complexity index is 1270. The lowest BCUT2D eigenvalue weighted by Gasteiger charge is -2.12. The molecule has 0 saturated heterocycles. The molecule has 3 rings (SSSR count). The van der Waals surface area contributed by atoms with E-state index in [9.17, 15) is 24.0 Å². The van der Waals surface area contributed by atoms with E-state index in [1.54, 1.807) is 42.5 Å². The number of carbonyl (C=O) groups excluding carboxylic acids is 5. The van der Waals surface area contributed by atoms with Crippen molar-refractivity contribution in [1.82, 2.24) is 0 Å². The van der Waals surface area contributed by atoms with Gasteiger partial charge in [-0.25, -0.2) is 14.4 Å². The monoisotopic (exact) mass is 490 g/mol. The number of anilines is 2. The van der Waals surface area contributed by atoms with Gasteiger partial charge >= 0.3 is 17.9 Å². The molecular formula is C26H22N2O8. The third-order valence-corrected chi connectivity index (χ3v) is 4.82. The van der Waals surface area contributed by atoms with Crippen molar-refractivity contribution in [3.63, 3.8) is 0 Å². The molecule has 0 fully saturated rings. The van der Waals surface area contributed by atoms with Gasteiger partial charge in [0.25, 0.3) is 11.8 Å². The summed E-state index contributed by atoms with van der Waals surface area (Å²) in [5.41, 5.74) is 0.780. The lowest BCUT2D eigenvalue weighted by molar-refractivity contribution is -0.119. The van der Waals surface area contributed by atoms with E-state index in [1.807, 2.05) is 0 Å². The average molecular weight is 490 g/mol. The lowest BCUT2D eigenvalue weighted by atomic mass is 10.1. The first-order valence-electron chi connectivity index (χ1n) is 10.6. The highest BCUT2D eigenvalue weighted by atomic mass is 16.5. The van der Waals surface area contributed by atoms with E-state index >= 15 is 0 Å². The number of hydrogen-bond acceptors (Lipinski definition) is 8. The molecule has 2 N–H and O–H groups in total. The Kier molecular flexibility index (Phi) is 8.49. The van der Waals surface area contributed by atoms with Crippen LogP contribution in [0.1, 0.15) is 41.4 Å². The van der Waals surface area contributed by atoms with Crippen LogP contribution in [0.25, 0.3) is 0 Å². The van der Waals surface area contributed by atoms with E-state index in [1.165, 1.54) is 44.6 Å². The number of para-hydroxylation sites is 1. The number of ether oxygens (including phenoxy) is 3.